The molecule has 2 N–H and O–H groups in total. The molecule has 3 nitrogen and oxygen atoms in total. The lowest BCUT2D eigenvalue weighted by Gasteiger charge is -2.14. The highest BCUT2D eigenvalue weighted by atomic mass is 32.2. The van der Waals surface area contributed by atoms with Gasteiger partial charge in [0.05, 0.1) is 11.8 Å². The Bertz CT molecular complexity index is 355. The maximum Gasteiger partial charge on any atom is 0.0669 e. The lowest BCUT2D eigenvalue weighted by Crippen LogP contribution is -2.13. The number of pyridine rings is 1. The summed E-state index contributed by atoms with van der Waals surface area (Å²) < 4.78 is 5.56. The zero-order valence-electron chi connectivity index (χ0n) is 10.4. The maximum atomic E-state index is 5.94. The molecule has 1 aromatic heterocycles. The minimum atomic E-state index is 0.0581. The third-order valence-corrected chi connectivity index (χ3v) is 4.61. The number of nitrogens with two attached hydrogens (primary N) is 1. The maximum absolute atomic E-state index is 5.94. The average Bonchev–Trinajstić information content (AvgIpc) is 2.75. The Morgan fingerprint density at radius 1 is 1.59 bits per heavy atom. The van der Waals surface area contributed by atoms with Crippen LogP contribution in [0.2, 0.25) is 0 Å². The van der Waals surface area contributed by atoms with Crippen molar-refractivity contribution in [3.63, 3.8) is 0 Å². The number of thioether (sulfide) groups is 1. The van der Waals surface area contributed by atoms with Gasteiger partial charge in [-0.1, -0.05) is 6.92 Å². The fraction of sp³-hybridized carbons (Fsp3) is 0.615. The van der Waals surface area contributed by atoms with Gasteiger partial charge in [-0.25, -0.2) is 0 Å². The number of hydrogen-bond acceptors (Lipinski definition) is 4. The van der Waals surface area contributed by atoms with Crippen LogP contribution in [0.1, 0.15) is 38.4 Å². The smallest absolute Gasteiger partial charge is 0.0669 e. The molecule has 1 aromatic rings. The van der Waals surface area contributed by atoms with Gasteiger partial charge in [0.25, 0.3) is 0 Å². The van der Waals surface area contributed by atoms with Crippen LogP contribution in [0.3, 0.4) is 0 Å². The molecule has 0 saturated carbocycles. The van der Waals surface area contributed by atoms with Crippen molar-refractivity contribution in [1.82, 2.24) is 4.98 Å². The fourth-order valence-corrected chi connectivity index (χ4v) is 3.03. The van der Waals surface area contributed by atoms with Gasteiger partial charge in [-0.2, -0.15) is 0 Å². The summed E-state index contributed by atoms with van der Waals surface area (Å²) in [6, 6.07) is 4.22. The van der Waals surface area contributed by atoms with Crippen LogP contribution in [0.15, 0.2) is 23.2 Å². The predicted molar refractivity (Wildman–Crippen MR) is 71.1 cm³/mol. The van der Waals surface area contributed by atoms with Gasteiger partial charge in [0, 0.05) is 29.0 Å². The summed E-state index contributed by atoms with van der Waals surface area (Å²) in [4.78, 5) is 5.64. The summed E-state index contributed by atoms with van der Waals surface area (Å²) in [5, 5.41) is 0.558. The fourth-order valence-electron chi connectivity index (χ4n) is 1.93. The van der Waals surface area contributed by atoms with Crippen LogP contribution < -0.4 is 5.73 Å². The first-order chi connectivity index (χ1) is 8.20. The Morgan fingerprint density at radius 3 is 2.94 bits per heavy atom. The molecule has 1 aliphatic rings. The molecule has 2 unspecified atom stereocenters. The van der Waals surface area contributed by atoms with E-state index < -0.39 is 0 Å². The Balaban J connectivity index is 1.98. The van der Waals surface area contributed by atoms with Crippen LogP contribution in [0.4, 0.5) is 0 Å². The number of ether oxygens (including phenoxy) is 1. The average molecular weight is 252 g/mol. The highest BCUT2D eigenvalue weighted by Crippen LogP contribution is 2.32. The molecular weight excluding hydrogens is 232 g/mol. The molecule has 94 valence electrons. The van der Waals surface area contributed by atoms with Crippen LogP contribution in [0.5, 0.6) is 0 Å². The molecule has 0 bridgehead atoms. The topological polar surface area (TPSA) is 48.1 Å². The predicted octanol–water partition coefficient (Wildman–Crippen LogP) is 2.76. The van der Waals surface area contributed by atoms with E-state index in [-0.39, 0.29) is 6.04 Å². The summed E-state index contributed by atoms with van der Waals surface area (Å²) in [6.45, 7) is 5.09. The lowest BCUT2D eigenvalue weighted by atomic mass is 10.1. The lowest BCUT2D eigenvalue weighted by molar-refractivity contribution is 0.127. The highest BCUT2D eigenvalue weighted by Gasteiger charge is 2.25. The van der Waals surface area contributed by atoms with E-state index in [2.05, 4.69) is 24.9 Å². The Hall–Kier alpha value is -0.580. The number of hydrogen-bond donors (Lipinski definition) is 1. The number of nitrogens with zero attached hydrogens (tertiary/aromatic N) is 1. The van der Waals surface area contributed by atoms with E-state index in [1.807, 2.05) is 24.0 Å². The van der Waals surface area contributed by atoms with Crippen molar-refractivity contribution in [1.29, 1.82) is 0 Å². The van der Waals surface area contributed by atoms with Crippen LogP contribution in [-0.2, 0) is 4.74 Å². The van der Waals surface area contributed by atoms with Crippen molar-refractivity contribution in [3.05, 3.63) is 24.0 Å². The van der Waals surface area contributed by atoms with Crippen LogP contribution in [0, 0.1) is 0 Å². The Labute approximate surface area is 107 Å². The normalized spacial score (nSPS) is 26.1. The molecule has 4 heteroatoms. The number of rotatable bonds is 4. The molecule has 1 saturated heterocycles. The molecule has 2 rings (SSSR count). The van der Waals surface area contributed by atoms with Gasteiger partial charge in [-0.3, -0.25) is 4.98 Å². The largest absolute Gasteiger partial charge is 0.377 e. The first-order valence-corrected chi connectivity index (χ1v) is 7.08. The molecular formula is C13H20N2OS. The van der Waals surface area contributed by atoms with Crippen molar-refractivity contribution in [2.75, 3.05) is 6.61 Å². The van der Waals surface area contributed by atoms with E-state index in [0.29, 0.717) is 11.4 Å². The van der Waals surface area contributed by atoms with E-state index in [1.54, 1.807) is 0 Å². The molecule has 3 atom stereocenters. The van der Waals surface area contributed by atoms with Crippen molar-refractivity contribution >= 4 is 11.8 Å². The summed E-state index contributed by atoms with van der Waals surface area (Å²) in [5.74, 6) is 0. The second kappa shape index (κ2) is 5.85. The van der Waals surface area contributed by atoms with E-state index in [4.69, 9.17) is 10.5 Å². The minimum Gasteiger partial charge on any atom is -0.377 e. The quantitative estimate of drug-likeness (QED) is 0.895. The van der Waals surface area contributed by atoms with Crippen LogP contribution in [-0.4, -0.2) is 22.9 Å². The van der Waals surface area contributed by atoms with E-state index in [9.17, 15) is 0 Å². The summed E-state index contributed by atoms with van der Waals surface area (Å²) >= 11 is 1.86. The van der Waals surface area contributed by atoms with E-state index in [0.717, 1.165) is 25.1 Å². The Kier molecular flexibility index (Phi) is 4.42. The van der Waals surface area contributed by atoms with Gasteiger partial charge < -0.3 is 10.5 Å². The van der Waals surface area contributed by atoms with Gasteiger partial charge in [0.1, 0.15) is 0 Å². The molecule has 2 heterocycles. The number of aromatic nitrogens is 1. The van der Waals surface area contributed by atoms with Crippen molar-refractivity contribution in [2.45, 2.75) is 49.0 Å². The van der Waals surface area contributed by atoms with Crippen molar-refractivity contribution < 1.29 is 4.74 Å². The van der Waals surface area contributed by atoms with Gasteiger partial charge >= 0.3 is 0 Å². The third kappa shape index (κ3) is 3.21. The first-order valence-electron chi connectivity index (χ1n) is 6.20. The molecule has 0 aliphatic carbocycles. The molecule has 0 spiro atoms. The monoisotopic (exact) mass is 252 g/mol. The zero-order valence-corrected chi connectivity index (χ0v) is 11.2. The van der Waals surface area contributed by atoms with Crippen molar-refractivity contribution in [2.24, 2.45) is 5.73 Å². The van der Waals surface area contributed by atoms with E-state index >= 15 is 0 Å². The molecule has 0 amide bonds. The van der Waals surface area contributed by atoms with Gasteiger partial charge in [0.2, 0.25) is 0 Å². The molecule has 1 aliphatic heterocycles. The second-order valence-electron chi connectivity index (χ2n) is 4.45. The molecule has 1 fully saturated rings. The van der Waals surface area contributed by atoms with Crippen LogP contribution >= 0.6 is 11.8 Å². The first kappa shape index (κ1) is 12.9. The molecule has 0 aromatic carbocycles. The summed E-state index contributed by atoms with van der Waals surface area (Å²) in [7, 11) is 0. The summed E-state index contributed by atoms with van der Waals surface area (Å²) in [5.41, 5.74) is 6.92. The zero-order chi connectivity index (χ0) is 12.3. The van der Waals surface area contributed by atoms with Crippen LogP contribution in [0.25, 0.3) is 0 Å². The molecule has 0 radical (unpaired) electrons. The molecule has 17 heavy (non-hydrogen) atoms. The Morgan fingerprint density at radius 2 is 2.41 bits per heavy atom. The van der Waals surface area contributed by atoms with Gasteiger partial charge in [-0.05, 0) is 31.9 Å². The summed E-state index contributed by atoms with van der Waals surface area (Å²) in [6.07, 6.45) is 4.33. The standard InChI is InChI=1S/C13H20N2OS/c1-3-11(14)12-5-4-10(8-15-12)17-13-6-7-16-9(13)2/h4-5,8-9,11,13H,3,6-7,14H2,1-2H3/t9?,11-,13?/m0/s1. The minimum absolute atomic E-state index is 0.0581. The SMILES string of the molecule is CC[C@H](N)c1ccc(SC2CCOC2C)cn1. The second-order valence-corrected chi connectivity index (χ2v) is 5.77. The van der Waals surface area contributed by atoms with Gasteiger partial charge in [0.15, 0.2) is 0 Å². The van der Waals surface area contributed by atoms with Crippen molar-refractivity contribution in [3.8, 4) is 0 Å². The third-order valence-electron chi connectivity index (χ3n) is 3.17. The highest BCUT2D eigenvalue weighted by molar-refractivity contribution is 8.00. The van der Waals surface area contributed by atoms with E-state index in [1.165, 1.54) is 4.90 Å². The van der Waals surface area contributed by atoms with Gasteiger partial charge in [-0.15, -0.1) is 11.8 Å².